The third-order valence-electron chi connectivity index (χ3n) is 3.34. The number of anilines is 1. The van der Waals surface area contributed by atoms with Crippen LogP contribution in [0.5, 0.6) is 0 Å². The molecule has 3 N–H and O–H groups in total. The second-order valence-electron chi connectivity index (χ2n) is 4.85. The highest BCUT2D eigenvalue weighted by molar-refractivity contribution is 6.42. The predicted octanol–water partition coefficient (Wildman–Crippen LogP) is 4.94. The van der Waals surface area contributed by atoms with Crippen molar-refractivity contribution in [1.29, 1.82) is 0 Å². The van der Waals surface area contributed by atoms with Crippen molar-refractivity contribution in [2.45, 2.75) is 6.92 Å². The highest BCUT2D eigenvalue weighted by Crippen LogP contribution is 2.36. The summed E-state index contributed by atoms with van der Waals surface area (Å²) in [5.41, 5.74) is 10.8. The average Bonchev–Trinajstić information content (AvgIpc) is 2.85. The fourth-order valence-corrected chi connectivity index (χ4v) is 2.53. The molecule has 0 aliphatic heterocycles. The van der Waals surface area contributed by atoms with Gasteiger partial charge in [0.2, 0.25) is 0 Å². The number of nitrogens with one attached hydrogen (secondary N) is 1. The van der Waals surface area contributed by atoms with Crippen molar-refractivity contribution in [2.24, 2.45) is 0 Å². The number of aryl methyl sites for hydroxylation is 1. The van der Waals surface area contributed by atoms with Gasteiger partial charge in [-0.15, -0.1) is 0 Å². The summed E-state index contributed by atoms with van der Waals surface area (Å²) in [6.07, 6.45) is 0. The summed E-state index contributed by atoms with van der Waals surface area (Å²) in [5, 5.41) is 8.11. The normalized spacial score (nSPS) is 10.8. The van der Waals surface area contributed by atoms with Crippen molar-refractivity contribution in [3.8, 4) is 22.4 Å². The van der Waals surface area contributed by atoms with E-state index >= 15 is 0 Å². The lowest BCUT2D eigenvalue weighted by atomic mass is 10.00. The number of hydrogen-bond acceptors (Lipinski definition) is 2. The third-order valence-corrected chi connectivity index (χ3v) is 4.08. The molecule has 0 amide bonds. The van der Waals surface area contributed by atoms with E-state index < -0.39 is 0 Å². The molecule has 3 aromatic rings. The smallest absolute Gasteiger partial charge is 0.153 e. The van der Waals surface area contributed by atoms with E-state index in [4.69, 9.17) is 28.9 Å². The van der Waals surface area contributed by atoms with E-state index in [2.05, 4.69) is 10.2 Å². The van der Waals surface area contributed by atoms with E-state index in [1.54, 1.807) is 12.1 Å². The molecule has 0 saturated heterocycles. The van der Waals surface area contributed by atoms with Crippen LogP contribution in [0.4, 0.5) is 5.82 Å². The Labute approximate surface area is 132 Å². The number of rotatable bonds is 2. The Morgan fingerprint density at radius 1 is 0.952 bits per heavy atom. The lowest BCUT2D eigenvalue weighted by molar-refractivity contribution is 1.10. The summed E-state index contributed by atoms with van der Waals surface area (Å²) < 4.78 is 0. The quantitative estimate of drug-likeness (QED) is 0.703. The molecule has 3 rings (SSSR count). The third kappa shape index (κ3) is 2.62. The number of benzene rings is 2. The van der Waals surface area contributed by atoms with Crippen LogP contribution >= 0.6 is 23.2 Å². The molecule has 3 nitrogen and oxygen atoms in total. The predicted molar refractivity (Wildman–Crippen MR) is 88.6 cm³/mol. The monoisotopic (exact) mass is 317 g/mol. The van der Waals surface area contributed by atoms with Gasteiger partial charge in [0.25, 0.3) is 0 Å². The molecule has 0 saturated carbocycles. The lowest BCUT2D eigenvalue weighted by Gasteiger charge is -2.06. The zero-order valence-corrected chi connectivity index (χ0v) is 12.8. The summed E-state index contributed by atoms with van der Waals surface area (Å²) in [7, 11) is 0. The number of aromatic nitrogens is 2. The molecular formula is C16H13Cl2N3. The molecule has 0 fully saturated rings. The number of hydrogen-bond donors (Lipinski definition) is 2. The zero-order valence-electron chi connectivity index (χ0n) is 11.3. The topological polar surface area (TPSA) is 54.7 Å². The molecule has 21 heavy (non-hydrogen) atoms. The van der Waals surface area contributed by atoms with Crippen LogP contribution in [0, 0.1) is 6.92 Å². The Bertz CT molecular complexity index is 792. The Balaban J connectivity index is 2.16. The van der Waals surface area contributed by atoms with Crippen LogP contribution in [-0.4, -0.2) is 10.2 Å². The van der Waals surface area contributed by atoms with Gasteiger partial charge in [0.1, 0.15) is 0 Å². The molecule has 0 spiro atoms. The summed E-state index contributed by atoms with van der Waals surface area (Å²) in [5.74, 6) is 0.458. The summed E-state index contributed by atoms with van der Waals surface area (Å²) in [6, 6.07) is 13.6. The summed E-state index contributed by atoms with van der Waals surface area (Å²) in [6.45, 7) is 2.04. The van der Waals surface area contributed by atoms with Gasteiger partial charge in [0.15, 0.2) is 5.82 Å². The van der Waals surface area contributed by atoms with Crippen molar-refractivity contribution < 1.29 is 0 Å². The molecular weight excluding hydrogens is 305 g/mol. The highest BCUT2D eigenvalue weighted by atomic mass is 35.5. The molecule has 0 radical (unpaired) electrons. The second kappa shape index (κ2) is 5.43. The molecule has 0 unspecified atom stereocenters. The van der Waals surface area contributed by atoms with Crippen LogP contribution in [-0.2, 0) is 0 Å². The molecule has 0 aliphatic rings. The SMILES string of the molecule is Cc1ccc(-c2c(N)n[nH]c2-c2ccc(Cl)c(Cl)c2)cc1. The Morgan fingerprint density at radius 2 is 1.62 bits per heavy atom. The van der Waals surface area contributed by atoms with Crippen molar-refractivity contribution in [3.63, 3.8) is 0 Å². The molecule has 5 heteroatoms. The summed E-state index contributed by atoms with van der Waals surface area (Å²) in [4.78, 5) is 0. The van der Waals surface area contributed by atoms with Gasteiger partial charge < -0.3 is 5.73 Å². The first-order valence-corrected chi connectivity index (χ1v) is 7.18. The van der Waals surface area contributed by atoms with Gasteiger partial charge in [-0.25, -0.2) is 0 Å². The average molecular weight is 318 g/mol. The first kappa shape index (κ1) is 14.0. The highest BCUT2D eigenvalue weighted by Gasteiger charge is 2.15. The number of nitrogen functional groups attached to an aromatic ring is 1. The number of nitrogens with zero attached hydrogens (tertiary/aromatic N) is 1. The van der Waals surface area contributed by atoms with Crippen LogP contribution in [0.15, 0.2) is 42.5 Å². The first-order valence-electron chi connectivity index (χ1n) is 6.42. The van der Waals surface area contributed by atoms with Crippen molar-refractivity contribution in [2.75, 3.05) is 5.73 Å². The number of H-pyrrole nitrogens is 1. The van der Waals surface area contributed by atoms with E-state index in [1.807, 2.05) is 37.3 Å². The molecule has 1 aromatic heterocycles. The number of aromatic amines is 1. The van der Waals surface area contributed by atoms with E-state index in [0.717, 1.165) is 22.4 Å². The van der Waals surface area contributed by atoms with Crippen molar-refractivity contribution >= 4 is 29.0 Å². The molecule has 1 heterocycles. The Morgan fingerprint density at radius 3 is 2.29 bits per heavy atom. The molecule has 0 atom stereocenters. The van der Waals surface area contributed by atoms with Crippen molar-refractivity contribution in [3.05, 3.63) is 58.1 Å². The molecule has 2 aromatic carbocycles. The standard InChI is InChI=1S/C16H13Cl2N3/c1-9-2-4-10(5-3-9)14-15(20-21-16(14)19)11-6-7-12(17)13(18)8-11/h2-8H,1H3,(H3,19,20,21). The van der Waals surface area contributed by atoms with Gasteiger partial charge in [-0.05, 0) is 24.6 Å². The fraction of sp³-hybridized carbons (Fsp3) is 0.0625. The molecule has 106 valence electrons. The van der Waals surface area contributed by atoms with E-state index in [9.17, 15) is 0 Å². The largest absolute Gasteiger partial charge is 0.382 e. The minimum absolute atomic E-state index is 0.458. The maximum atomic E-state index is 6.09. The van der Waals surface area contributed by atoms with Gasteiger partial charge in [0.05, 0.1) is 21.3 Å². The van der Waals surface area contributed by atoms with Crippen LogP contribution < -0.4 is 5.73 Å². The van der Waals surface area contributed by atoms with Gasteiger partial charge >= 0.3 is 0 Å². The minimum Gasteiger partial charge on any atom is -0.382 e. The van der Waals surface area contributed by atoms with E-state index in [-0.39, 0.29) is 0 Å². The lowest BCUT2D eigenvalue weighted by Crippen LogP contribution is -1.89. The zero-order chi connectivity index (χ0) is 15.0. The minimum atomic E-state index is 0.458. The summed E-state index contributed by atoms with van der Waals surface area (Å²) >= 11 is 12.1. The Hall–Kier alpha value is -1.97. The van der Waals surface area contributed by atoms with Crippen LogP contribution in [0.2, 0.25) is 10.0 Å². The van der Waals surface area contributed by atoms with Gasteiger partial charge in [-0.2, -0.15) is 5.10 Å². The second-order valence-corrected chi connectivity index (χ2v) is 5.67. The van der Waals surface area contributed by atoms with Crippen LogP contribution in [0.1, 0.15) is 5.56 Å². The van der Waals surface area contributed by atoms with Gasteiger partial charge in [0, 0.05) is 5.56 Å². The maximum Gasteiger partial charge on any atom is 0.153 e. The van der Waals surface area contributed by atoms with Crippen LogP contribution in [0.3, 0.4) is 0 Å². The fourth-order valence-electron chi connectivity index (χ4n) is 2.23. The Kier molecular flexibility index (Phi) is 3.62. The van der Waals surface area contributed by atoms with Gasteiger partial charge in [-0.1, -0.05) is 59.1 Å². The molecule has 0 aliphatic carbocycles. The maximum absolute atomic E-state index is 6.09. The first-order chi connectivity index (χ1) is 10.1. The van der Waals surface area contributed by atoms with Gasteiger partial charge in [-0.3, -0.25) is 5.10 Å². The van der Waals surface area contributed by atoms with E-state index in [0.29, 0.717) is 15.9 Å². The van der Waals surface area contributed by atoms with Crippen molar-refractivity contribution in [1.82, 2.24) is 10.2 Å². The number of halogens is 2. The number of nitrogens with two attached hydrogens (primary N) is 1. The molecule has 0 bridgehead atoms. The van der Waals surface area contributed by atoms with Crippen LogP contribution in [0.25, 0.3) is 22.4 Å². The van der Waals surface area contributed by atoms with E-state index in [1.165, 1.54) is 5.56 Å².